The monoisotopic (exact) mass is 371 g/mol. The lowest BCUT2D eigenvalue weighted by Gasteiger charge is -2.77. The minimum Gasteiger partial charge on any atom is -0.395 e. The van der Waals surface area contributed by atoms with Crippen LogP contribution in [0.15, 0.2) is 12.2 Å². The number of hydrogen-bond donors (Lipinski definition) is 1. The van der Waals surface area contributed by atoms with Crippen LogP contribution in [0, 0.1) is 34.0 Å². The van der Waals surface area contributed by atoms with Crippen LogP contribution in [0.5, 0.6) is 0 Å². The highest BCUT2D eigenvalue weighted by molar-refractivity contribution is 6.02. The summed E-state index contributed by atoms with van der Waals surface area (Å²) in [6, 6.07) is 0. The number of ether oxygens (including phenoxy) is 1. The van der Waals surface area contributed by atoms with Crippen LogP contribution in [0.4, 0.5) is 0 Å². The Labute approximate surface area is 160 Å². The van der Waals surface area contributed by atoms with E-state index in [2.05, 4.69) is 13.5 Å². The van der Waals surface area contributed by atoms with Crippen LogP contribution >= 0.6 is 0 Å². The van der Waals surface area contributed by atoms with Gasteiger partial charge in [-0.25, -0.2) is 0 Å². The molecule has 5 nitrogen and oxygen atoms in total. The molecule has 8 fully saturated rings. The SMILES string of the molecule is C=C1C(=O)[C@]23CC[C@H]1CC2[C@@]12CCC[C@@]4(C)C(=O)N(CCO)C1O[C@@H]3CC24. The number of hydrogen-bond acceptors (Lipinski definition) is 4. The third-order valence-electron chi connectivity index (χ3n) is 9.78. The first kappa shape index (κ1) is 16.7. The summed E-state index contributed by atoms with van der Waals surface area (Å²) in [5.41, 5.74) is -0.0657. The second-order valence-electron chi connectivity index (χ2n) is 10.3. The van der Waals surface area contributed by atoms with E-state index in [4.69, 9.17) is 4.74 Å². The van der Waals surface area contributed by atoms with E-state index in [0.717, 1.165) is 50.5 Å². The van der Waals surface area contributed by atoms with Gasteiger partial charge in [-0.05, 0) is 61.9 Å². The first-order valence-electron chi connectivity index (χ1n) is 10.7. The molecular formula is C22H29NO4. The maximum atomic E-state index is 13.5. The molecule has 5 aliphatic carbocycles. The summed E-state index contributed by atoms with van der Waals surface area (Å²) in [7, 11) is 0. The second-order valence-corrected chi connectivity index (χ2v) is 10.3. The van der Waals surface area contributed by atoms with Gasteiger partial charge in [-0.15, -0.1) is 0 Å². The number of rotatable bonds is 2. The predicted molar refractivity (Wildman–Crippen MR) is 97.4 cm³/mol. The van der Waals surface area contributed by atoms with Gasteiger partial charge in [0.25, 0.3) is 0 Å². The Morgan fingerprint density at radius 2 is 2.04 bits per heavy atom. The molecule has 3 heterocycles. The fourth-order valence-corrected chi connectivity index (χ4v) is 8.84. The number of fused-ring (bicyclic) bond motifs is 2. The number of aliphatic hydroxyl groups is 1. The van der Waals surface area contributed by atoms with Gasteiger partial charge in [0.2, 0.25) is 5.91 Å². The van der Waals surface area contributed by atoms with Crippen LogP contribution in [0.1, 0.15) is 51.9 Å². The number of nitrogens with zero attached hydrogens (tertiary/aromatic N) is 1. The molecule has 1 amide bonds. The molecule has 5 heteroatoms. The zero-order valence-electron chi connectivity index (χ0n) is 16.1. The molecule has 8 atom stereocenters. The van der Waals surface area contributed by atoms with Crippen LogP contribution < -0.4 is 0 Å². The number of amides is 1. The standard InChI is InChI=1S/C22H29NO4/c1-12-13-4-7-22(17(12)25)15(10-13)21-6-3-5-20(2)14(21)11-16(22)27-19(21)23(8-9-24)18(20)26/h13-16,19,24H,1,3-11H2,2H3/t13-,14?,15?,16+,19?,20+,21-,22+/m0/s1. The Morgan fingerprint density at radius 3 is 2.81 bits per heavy atom. The topological polar surface area (TPSA) is 66.8 Å². The number of ketones is 1. The summed E-state index contributed by atoms with van der Waals surface area (Å²) in [5, 5.41) is 9.65. The Bertz CT molecular complexity index is 778. The van der Waals surface area contributed by atoms with E-state index in [9.17, 15) is 14.7 Å². The summed E-state index contributed by atoms with van der Waals surface area (Å²) in [4.78, 5) is 28.7. The van der Waals surface area contributed by atoms with Crippen molar-refractivity contribution in [3.63, 3.8) is 0 Å². The third-order valence-corrected chi connectivity index (χ3v) is 9.78. The van der Waals surface area contributed by atoms with E-state index in [0.29, 0.717) is 24.3 Å². The summed E-state index contributed by atoms with van der Waals surface area (Å²) in [6.45, 7) is 6.61. The molecule has 3 saturated heterocycles. The van der Waals surface area contributed by atoms with E-state index in [1.807, 2.05) is 4.90 Å². The molecule has 8 rings (SSSR count). The van der Waals surface area contributed by atoms with Crippen molar-refractivity contribution in [3.8, 4) is 0 Å². The van der Waals surface area contributed by atoms with Crippen LogP contribution in [-0.2, 0) is 14.3 Å². The van der Waals surface area contributed by atoms with Gasteiger partial charge in [-0.2, -0.15) is 0 Å². The molecule has 0 radical (unpaired) electrons. The van der Waals surface area contributed by atoms with Crippen molar-refractivity contribution in [2.45, 2.75) is 64.2 Å². The van der Waals surface area contributed by atoms with Gasteiger partial charge in [0, 0.05) is 12.0 Å². The van der Waals surface area contributed by atoms with Crippen molar-refractivity contribution in [3.05, 3.63) is 12.2 Å². The second kappa shape index (κ2) is 4.85. The fraction of sp³-hybridized carbons (Fsp3) is 0.818. The van der Waals surface area contributed by atoms with Gasteiger partial charge in [0.1, 0.15) is 6.23 Å². The number of piperidine rings is 1. The van der Waals surface area contributed by atoms with Gasteiger partial charge in [0.05, 0.1) is 23.5 Å². The van der Waals surface area contributed by atoms with Gasteiger partial charge < -0.3 is 14.7 Å². The van der Waals surface area contributed by atoms with Crippen molar-refractivity contribution in [2.24, 2.45) is 34.0 Å². The van der Waals surface area contributed by atoms with Gasteiger partial charge in [-0.3, -0.25) is 9.59 Å². The van der Waals surface area contributed by atoms with E-state index >= 15 is 0 Å². The minimum absolute atomic E-state index is 0.0404. The quantitative estimate of drug-likeness (QED) is 0.757. The average Bonchev–Trinajstić information content (AvgIpc) is 2.68. The highest BCUT2D eigenvalue weighted by atomic mass is 16.5. The summed E-state index contributed by atoms with van der Waals surface area (Å²) < 4.78 is 6.65. The number of Topliss-reactive ketones (excluding diaryl/α,β-unsaturated/α-hetero) is 1. The van der Waals surface area contributed by atoms with Crippen molar-refractivity contribution in [1.82, 2.24) is 4.90 Å². The zero-order valence-corrected chi connectivity index (χ0v) is 16.1. The summed E-state index contributed by atoms with van der Waals surface area (Å²) in [6.07, 6.45) is 6.49. The van der Waals surface area contributed by atoms with Crippen molar-refractivity contribution in [1.29, 1.82) is 0 Å². The number of β-amino-alcohol motifs (C(OH)–C–C–N with tert-alkyl or cyclic N) is 1. The third kappa shape index (κ3) is 1.53. The highest BCUT2D eigenvalue weighted by Gasteiger charge is 2.80. The van der Waals surface area contributed by atoms with E-state index in [1.54, 1.807) is 0 Å². The Balaban J connectivity index is 1.56. The number of aliphatic hydroxyl groups excluding tert-OH is 1. The van der Waals surface area contributed by atoms with E-state index in [-0.39, 0.29) is 41.5 Å². The smallest absolute Gasteiger partial charge is 0.230 e. The average molecular weight is 371 g/mol. The van der Waals surface area contributed by atoms with Crippen LogP contribution in [0.2, 0.25) is 0 Å². The lowest BCUT2D eigenvalue weighted by Crippen LogP contribution is -2.82. The number of carbonyl (C=O) groups excluding carboxylic acids is 2. The molecule has 1 N–H and O–H groups in total. The Morgan fingerprint density at radius 1 is 1.22 bits per heavy atom. The maximum absolute atomic E-state index is 13.5. The molecular weight excluding hydrogens is 342 g/mol. The molecule has 3 unspecified atom stereocenters. The molecule has 0 aromatic heterocycles. The Hall–Kier alpha value is -1.20. The van der Waals surface area contributed by atoms with Gasteiger partial charge >= 0.3 is 0 Å². The molecule has 8 aliphatic rings. The summed E-state index contributed by atoms with van der Waals surface area (Å²) >= 11 is 0. The molecule has 0 aromatic rings. The van der Waals surface area contributed by atoms with Gasteiger partial charge in [0.15, 0.2) is 5.78 Å². The minimum atomic E-state index is -0.400. The normalized spacial score (nSPS) is 55.1. The Kier molecular flexibility index (Phi) is 3.01. The molecule has 2 spiro atoms. The van der Waals surface area contributed by atoms with Crippen molar-refractivity contribution in [2.75, 3.05) is 13.2 Å². The van der Waals surface area contributed by atoms with Crippen molar-refractivity contribution >= 4 is 11.7 Å². The van der Waals surface area contributed by atoms with Gasteiger partial charge in [-0.1, -0.05) is 19.9 Å². The number of allylic oxidation sites excluding steroid dienone is 1. The van der Waals surface area contributed by atoms with Crippen LogP contribution in [0.25, 0.3) is 0 Å². The van der Waals surface area contributed by atoms with Crippen molar-refractivity contribution < 1.29 is 19.4 Å². The van der Waals surface area contributed by atoms with Crippen LogP contribution in [0.3, 0.4) is 0 Å². The first-order chi connectivity index (χ1) is 12.9. The molecule has 7 bridgehead atoms. The molecule has 5 saturated carbocycles. The predicted octanol–water partition coefficient (Wildman–Crippen LogP) is 2.28. The lowest BCUT2D eigenvalue weighted by molar-refractivity contribution is -0.369. The van der Waals surface area contributed by atoms with Crippen LogP contribution in [-0.4, -0.2) is 47.2 Å². The van der Waals surface area contributed by atoms with E-state index < -0.39 is 5.41 Å². The molecule has 0 aromatic carbocycles. The largest absolute Gasteiger partial charge is 0.395 e. The maximum Gasteiger partial charge on any atom is 0.230 e. The fourth-order valence-electron chi connectivity index (χ4n) is 8.84. The summed E-state index contributed by atoms with van der Waals surface area (Å²) in [5.74, 6) is 1.35. The molecule has 27 heavy (non-hydrogen) atoms. The zero-order chi connectivity index (χ0) is 18.8. The lowest BCUT2D eigenvalue weighted by atomic mass is 9.32. The first-order valence-corrected chi connectivity index (χ1v) is 10.7. The molecule has 3 aliphatic heterocycles. The van der Waals surface area contributed by atoms with E-state index in [1.165, 1.54) is 0 Å². The highest BCUT2D eigenvalue weighted by Crippen LogP contribution is 2.77. The molecule has 146 valence electrons. The number of likely N-dealkylation sites (tertiary alicyclic amines) is 1. The number of carbonyl (C=O) groups is 2.